The van der Waals surface area contributed by atoms with Crippen LogP contribution in [0.1, 0.15) is 10.4 Å². The smallest absolute Gasteiger partial charge is 0.261 e. The molecule has 1 saturated heterocycles. The van der Waals surface area contributed by atoms with Gasteiger partial charge in [0.2, 0.25) is 10.0 Å². The van der Waals surface area contributed by atoms with Crippen molar-refractivity contribution in [2.24, 2.45) is 0 Å². The molecular formula is C21H24BrN3O6S2. The number of anilines is 1. The van der Waals surface area contributed by atoms with Crippen molar-refractivity contribution >= 4 is 54.9 Å². The third-order valence-electron chi connectivity index (χ3n) is 4.68. The van der Waals surface area contributed by atoms with Gasteiger partial charge in [-0.3, -0.25) is 10.1 Å². The summed E-state index contributed by atoms with van der Waals surface area (Å²) in [6, 6.07) is 11.2. The first kappa shape index (κ1) is 25.5. The molecule has 0 spiro atoms. The zero-order valence-electron chi connectivity index (χ0n) is 17.9. The Hall–Kier alpha value is -2.09. The van der Waals surface area contributed by atoms with Crippen molar-refractivity contribution in [2.45, 2.75) is 4.90 Å². The number of ether oxygens (including phenoxy) is 3. The number of halogens is 1. The lowest BCUT2D eigenvalue weighted by molar-refractivity contribution is 0.0730. The zero-order valence-corrected chi connectivity index (χ0v) is 21.1. The topological polar surface area (TPSA) is 106 Å². The number of rotatable bonds is 8. The molecule has 9 nitrogen and oxygen atoms in total. The number of sulfonamides is 1. The molecule has 2 aromatic carbocycles. The van der Waals surface area contributed by atoms with Gasteiger partial charge in [0.15, 0.2) is 5.11 Å². The lowest BCUT2D eigenvalue weighted by Gasteiger charge is -2.26. The molecule has 33 heavy (non-hydrogen) atoms. The Bertz CT molecular complexity index is 1090. The Balaban J connectivity index is 1.63. The first-order valence-corrected chi connectivity index (χ1v) is 12.7. The molecule has 2 aromatic rings. The first-order chi connectivity index (χ1) is 15.8. The molecule has 0 bridgehead atoms. The van der Waals surface area contributed by atoms with Gasteiger partial charge in [0.25, 0.3) is 5.91 Å². The Morgan fingerprint density at radius 2 is 1.85 bits per heavy atom. The number of hydrogen-bond donors (Lipinski definition) is 2. The van der Waals surface area contributed by atoms with Crippen LogP contribution in [0.15, 0.2) is 51.8 Å². The lowest BCUT2D eigenvalue weighted by Crippen LogP contribution is -2.40. The van der Waals surface area contributed by atoms with Gasteiger partial charge in [-0.1, -0.05) is 15.9 Å². The molecule has 1 heterocycles. The van der Waals surface area contributed by atoms with Crippen molar-refractivity contribution in [2.75, 3.05) is 51.9 Å². The minimum absolute atomic E-state index is 0.0617. The van der Waals surface area contributed by atoms with Gasteiger partial charge in [0, 0.05) is 30.4 Å². The van der Waals surface area contributed by atoms with Crippen LogP contribution in [0.25, 0.3) is 0 Å². The average Bonchev–Trinajstić information content (AvgIpc) is 2.81. The molecule has 0 atom stereocenters. The van der Waals surface area contributed by atoms with Crippen LogP contribution in [0.4, 0.5) is 5.69 Å². The van der Waals surface area contributed by atoms with E-state index in [9.17, 15) is 13.2 Å². The highest BCUT2D eigenvalue weighted by Gasteiger charge is 2.26. The number of methoxy groups -OCH3 is 1. The fourth-order valence-corrected chi connectivity index (χ4v) is 5.00. The maximum atomic E-state index is 12.7. The second-order valence-corrected chi connectivity index (χ2v) is 10.2. The molecule has 0 saturated carbocycles. The summed E-state index contributed by atoms with van der Waals surface area (Å²) in [5.41, 5.74) is 0.837. The van der Waals surface area contributed by atoms with Crippen molar-refractivity contribution in [3.63, 3.8) is 0 Å². The summed E-state index contributed by atoms with van der Waals surface area (Å²) in [4.78, 5) is 12.9. The number of thiocarbonyl (C=S) groups is 1. The largest absolute Gasteiger partial charge is 0.490 e. The van der Waals surface area contributed by atoms with Gasteiger partial charge in [-0.2, -0.15) is 4.31 Å². The summed E-state index contributed by atoms with van der Waals surface area (Å²) in [7, 11) is -2.02. The van der Waals surface area contributed by atoms with Gasteiger partial charge in [-0.05, 0) is 54.7 Å². The van der Waals surface area contributed by atoms with E-state index in [1.165, 1.54) is 16.4 Å². The second-order valence-electron chi connectivity index (χ2n) is 6.93. The number of hydrogen-bond acceptors (Lipinski definition) is 7. The summed E-state index contributed by atoms with van der Waals surface area (Å²) in [6.45, 7) is 2.08. The van der Waals surface area contributed by atoms with E-state index in [-0.39, 0.29) is 10.0 Å². The number of nitrogens with zero attached hydrogens (tertiary/aromatic N) is 1. The third-order valence-corrected chi connectivity index (χ3v) is 7.29. The maximum absolute atomic E-state index is 12.7. The summed E-state index contributed by atoms with van der Waals surface area (Å²) >= 11 is 8.60. The predicted molar refractivity (Wildman–Crippen MR) is 131 cm³/mol. The molecule has 1 fully saturated rings. The number of nitrogens with one attached hydrogen (secondary N) is 2. The van der Waals surface area contributed by atoms with E-state index >= 15 is 0 Å². The molecular weight excluding hydrogens is 534 g/mol. The summed E-state index contributed by atoms with van der Waals surface area (Å²) in [5, 5.41) is 5.56. The van der Waals surface area contributed by atoms with Crippen molar-refractivity contribution in [3.8, 4) is 5.75 Å². The summed E-state index contributed by atoms with van der Waals surface area (Å²) in [5.74, 6) is -0.0547. The molecule has 1 aliphatic rings. The molecule has 2 N–H and O–H groups in total. The van der Waals surface area contributed by atoms with Crippen molar-refractivity contribution in [1.29, 1.82) is 0 Å². The highest BCUT2D eigenvalue weighted by molar-refractivity contribution is 9.10. The van der Waals surface area contributed by atoms with Gasteiger partial charge in [-0.15, -0.1) is 0 Å². The Morgan fingerprint density at radius 3 is 2.52 bits per heavy atom. The SMILES string of the molecule is COCCOc1ccc(Br)cc1C(=O)NC(=S)Nc1ccc(S(=O)(=O)N2CCOCC2)cc1. The number of morpholine rings is 1. The third kappa shape index (κ3) is 6.95. The van der Waals surface area contributed by atoms with Crippen molar-refractivity contribution in [3.05, 3.63) is 52.5 Å². The highest BCUT2D eigenvalue weighted by Crippen LogP contribution is 2.24. The standard InChI is InChI=1S/C21H24BrN3O6S2/c1-29-12-13-31-19-7-2-15(22)14-18(19)20(26)24-21(32)23-16-3-5-17(6-4-16)33(27,28)25-8-10-30-11-9-25/h2-7,14H,8-13H2,1H3,(H2,23,24,26,32). The van der Waals surface area contributed by atoms with E-state index in [4.69, 9.17) is 26.4 Å². The normalized spacial score (nSPS) is 14.5. The van der Waals surface area contributed by atoms with E-state index in [0.29, 0.717) is 61.0 Å². The van der Waals surface area contributed by atoms with E-state index in [0.717, 1.165) is 0 Å². The van der Waals surface area contributed by atoms with Crippen LogP contribution in [0.5, 0.6) is 5.75 Å². The molecule has 0 radical (unpaired) electrons. The van der Waals surface area contributed by atoms with Gasteiger partial charge < -0.3 is 19.5 Å². The summed E-state index contributed by atoms with van der Waals surface area (Å²) in [6.07, 6.45) is 0. The predicted octanol–water partition coefficient (Wildman–Crippen LogP) is 2.62. The maximum Gasteiger partial charge on any atom is 0.261 e. The number of carbonyl (C=O) groups is 1. The van der Waals surface area contributed by atoms with Crippen LogP contribution in [-0.2, 0) is 19.5 Å². The molecule has 0 aromatic heterocycles. The van der Waals surface area contributed by atoms with Gasteiger partial charge in [0.05, 0.1) is 30.3 Å². The molecule has 1 amide bonds. The zero-order chi connectivity index (χ0) is 23.8. The minimum atomic E-state index is -3.59. The molecule has 1 aliphatic heterocycles. The van der Waals surface area contributed by atoms with Crippen LogP contribution < -0.4 is 15.4 Å². The van der Waals surface area contributed by atoms with Crippen molar-refractivity contribution in [1.82, 2.24) is 9.62 Å². The van der Waals surface area contributed by atoms with Crippen LogP contribution in [0.2, 0.25) is 0 Å². The van der Waals surface area contributed by atoms with Gasteiger partial charge in [-0.25, -0.2) is 8.42 Å². The van der Waals surface area contributed by atoms with Gasteiger partial charge in [0.1, 0.15) is 12.4 Å². The fourth-order valence-electron chi connectivity index (χ4n) is 3.02. The molecule has 0 unspecified atom stereocenters. The van der Waals surface area contributed by atoms with E-state index in [2.05, 4.69) is 26.6 Å². The first-order valence-electron chi connectivity index (χ1n) is 10.0. The van der Waals surface area contributed by atoms with Crippen LogP contribution in [0.3, 0.4) is 0 Å². The minimum Gasteiger partial charge on any atom is -0.490 e. The summed E-state index contributed by atoms with van der Waals surface area (Å²) < 4.78 is 43.3. The fraction of sp³-hybridized carbons (Fsp3) is 0.333. The molecule has 3 rings (SSSR count). The number of benzene rings is 2. The second kappa shape index (κ2) is 11.9. The average molecular weight is 558 g/mol. The van der Waals surface area contributed by atoms with E-state index < -0.39 is 15.9 Å². The van der Waals surface area contributed by atoms with Gasteiger partial charge >= 0.3 is 0 Å². The lowest BCUT2D eigenvalue weighted by atomic mass is 10.2. The Kier molecular flexibility index (Phi) is 9.18. The quantitative estimate of drug-likeness (QED) is 0.377. The van der Waals surface area contributed by atoms with E-state index in [1.54, 1.807) is 37.4 Å². The van der Waals surface area contributed by atoms with Crippen LogP contribution >= 0.6 is 28.1 Å². The Morgan fingerprint density at radius 1 is 1.15 bits per heavy atom. The molecule has 0 aliphatic carbocycles. The highest BCUT2D eigenvalue weighted by atomic mass is 79.9. The number of carbonyl (C=O) groups excluding carboxylic acids is 1. The van der Waals surface area contributed by atoms with Crippen LogP contribution in [-0.4, -0.2) is 70.4 Å². The van der Waals surface area contributed by atoms with Crippen molar-refractivity contribution < 1.29 is 27.4 Å². The number of amides is 1. The van der Waals surface area contributed by atoms with Crippen LogP contribution in [0, 0.1) is 0 Å². The molecule has 12 heteroatoms. The van der Waals surface area contributed by atoms with E-state index in [1.807, 2.05) is 0 Å². The molecule has 178 valence electrons. The monoisotopic (exact) mass is 557 g/mol. The Labute approximate surface area is 206 Å².